The van der Waals surface area contributed by atoms with E-state index in [0.29, 0.717) is 17.1 Å². The van der Waals surface area contributed by atoms with E-state index < -0.39 is 16.1 Å². The molecule has 0 spiro atoms. The van der Waals surface area contributed by atoms with Gasteiger partial charge in [0.25, 0.3) is 0 Å². The first-order chi connectivity index (χ1) is 19.9. The van der Waals surface area contributed by atoms with Gasteiger partial charge in [-0.1, -0.05) is 79.2 Å². The van der Waals surface area contributed by atoms with Crippen molar-refractivity contribution < 1.29 is 18.0 Å². The smallest absolute Gasteiger partial charge is 0.243 e. The molecule has 0 saturated heterocycles. The van der Waals surface area contributed by atoms with Crippen LogP contribution in [0.1, 0.15) is 55.4 Å². The zero-order chi connectivity index (χ0) is 30.9. The molecule has 1 N–H and O–H groups in total. The van der Waals surface area contributed by atoms with Crippen LogP contribution in [-0.4, -0.2) is 50.0 Å². The van der Waals surface area contributed by atoms with Crippen LogP contribution in [0.4, 0.5) is 5.69 Å². The number of anilines is 1. The van der Waals surface area contributed by atoms with Crippen LogP contribution in [0.15, 0.2) is 72.8 Å². The second-order valence-corrected chi connectivity index (χ2v) is 13.2. The largest absolute Gasteiger partial charge is 0.352 e. The highest BCUT2D eigenvalue weighted by molar-refractivity contribution is 7.92. The van der Waals surface area contributed by atoms with Crippen LogP contribution in [0.3, 0.4) is 0 Å². The number of halogens is 1. The van der Waals surface area contributed by atoms with E-state index in [0.717, 1.165) is 28.7 Å². The van der Waals surface area contributed by atoms with Crippen LogP contribution in [-0.2, 0) is 32.6 Å². The van der Waals surface area contributed by atoms with E-state index in [-0.39, 0.29) is 43.8 Å². The lowest BCUT2D eigenvalue weighted by Gasteiger charge is -2.33. The maximum atomic E-state index is 14.0. The quantitative estimate of drug-likeness (QED) is 0.240. The summed E-state index contributed by atoms with van der Waals surface area (Å²) in [5.41, 5.74) is 4.05. The number of amides is 2. The molecular weight excluding hydrogens is 570 g/mol. The van der Waals surface area contributed by atoms with Crippen LogP contribution in [0.2, 0.25) is 5.02 Å². The highest BCUT2D eigenvalue weighted by atomic mass is 35.5. The second-order valence-electron chi connectivity index (χ2n) is 10.9. The summed E-state index contributed by atoms with van der Waals surface area (Å²) in [4.78, 5) is 29.2. The van der Waals surface area contributed by atoms with Gasteiger partial charge in [-0.25, -0.2) is 8.42 Å². The van der Waals surface area contributed by atoms with Crippen molar-refractivity contribution in [1.29, 1.82) is 0 Å². The Bertz CT molecular complexity index is 1460. The van der Waals surface area contributed by atoms with Crippen molar-refractivity contribution in [2.75, 3.05) is 17.1 Å². The maximum absolute atomic E-state index is 14.0. The molecule has 0 bridgehead atoms. The van der Waals surface area contributed by atoms with Crippen molar-refractivity contribution in [2.24, 2.45) is 0 Å². The molecule has 0 fully saturated rings. The third kappa shape index (κ3) is 9.33. The lowest BCUT2D eigenvalue weighted by Crippen LogP contribution is -2.52. The van der Waals surface area contributed by atoms with Crippen LogP contribution in [0.25, 0.3) is 0 Å². The first-order valence-corrected chi connectivity index (χ1v) is 16.6. The van der Waals surface area contributed by atoms with E-state index in [2.05, 4.69) is 5.32 Å². The molecule has 0 heterocycles. The SMILES string of the molecule is CCC(C)NC(=O)C(Cc1ccccc1)N(Cc1ccccc1Cl)C(=O)CCCN(c1cc(C)ccc1C)S(C)(=O)=O. The average Bonchev–Trinajstić information content (AvgIpc) is 2.95. The van der Waals surface area contributed by atoms with Crippen molar-refractivity contribution in [3.05, 3.63) is 100 Å². The molecule has 226 valence electrons. The van der Waals surface area contributed by atoms with Crippen LogP contribution >= 0.6 is 11.6 Å². The number of hydrogen-bond acceptors (Lipinski definition) is 4. The summed E-state index contributed by atoms with van der Waals surface area (Å²) in [5.74, 6) is -0.480. The topological polar surface area (TPSA) is 86.8 Å². The van der Waals surface area contributed by atoms with Crippen molar-refractivity contribution in [3.8, 4) is 0 Å². The summed E-state index contributed by atoms with van der Waals surface area (Å²) in [5, 5.41) is 3.57. The Morgan fingerprint density at radius 1 is 0.976 bits per heavy atom. The zero-order valence-electron chi connectivity index (χ0n) is 25.1. The Morgan fingerprint density at radius 3 is 2.29 bits per heavy atom. The van der Waals surface area contributed by atoms with Crippen LogP contribution < -0.4 is 9.62 Å². The molecule has 0 aromatic heterocycles. The standard InChI is InChI=1S/C33H42ClN3O4S/c1-6-26(4)35-33(39)31(22-27-13-8-7-9-14-27)36(23-28-15-10-11-16-29(28)34)32(38)17-12-20-37(42(5,40)41)30-21-24(2)18-19-25(30)3/h7-11,13-16,18-19,21,26,31H,6,12,17,20,22-23H2,1-5H3,(H,35,39). The van der Waals surface area contributed by atoms with Gasteiger partial charge in [0.15, 0.2) is 0 Å². The van der Waals surface area contributed by atoms with Gasteiger partial charge < -0.3 is 10.2 Å². The monoisotopic (exact) mass is 611 g/mol. The molecule has 9 heteroatoms. The number of nitrogens with zero attached hydrogens (tertiary/aromatic N) is 2. The number of rotatable bonds is 14. The summed E-state index contributed by atoms with van der Waals surface area (Å²) < 4.78 is 26.9. The molecule has 3 aromatic carbocycles. The third-order valence-corrected chi connectivity index (χ3v) is 8.90. The third-order valence-electron chi connectivity index (χ3n) is 7.36. The minimum atomic E-state index is -3.59. The number of carbonyl (C=O) groups is 2. The first-order valence-electron chi connectivity index (χ1n) is 14.3. The van der Waals surface area contributed by atoms with Gasteiger partial charge in [-0.2, -0.15) is 0 Å². The second kappa shape index (κ2) is 15.2. The molecule has 2 atom stereocenters. The minimum Gasteiger partial charge on any atom is -0.352 e. The molecule has 0 aliphatic heterocycles. The Labute approximate surface area is 255 Å². The fourth-order valence-electron chi connectivity index (χ4n) is 4.78. The number of hydrogen-bond donors (Lipinski definition) is 1. The average molecular weight is 612 g/mol. The number of aryl methyl sites for hydroxylation is 2. The van der Waals surface area contributed by atoms with Crippen molar-refractivity contribution in [3.63, 3.8) is 0 Å². The molecule has 42 heavy (non-hydrogen) atoms. The lowest BCUT2D eigenvalue weighted by molar-refractivity contribution is -0.141. The van der Waals surface area contributed by atoms with E-state index >= 15 is 0 Å². The maximum Gasteiger partial charge on any atom is 0.243 e. The van der Waals surface area contributed by atoms with Gasteiger partial charge in [-0.05, 0) is 68.0 Å². The predicted octanol–water partition coefficient (Wildman–Crippen LogP) is 6.06. The Kier molecular flexibility index (Phi) is 12.0. The van der Waals surface area contributed by atoms with Gasteiger partial charge in [-0.3, -0.25) is 13.9 Å². The van der Waals surface area contributed by atoms with E-state index in [1.165, 1.54) is 10.6 Å². The zero-order valence-corrected chi connectivity index (χ0v) is 26.7. The minimum absolute atomic E-state index is 0.0588. The molecule has 3 rings (SSSR count). The summed E-state index contributed by atoms with van der Waals surface area (Å²) in [6.07, 6.45) is 2.60. The van der Waals surface area contributed by atoms with E-state index in [1.807, 2.05) is 94.4 Å². The molecule has 0 aliphatic carbocycles. The fourth-order valence-corrected chi connectivity index (χ4v) is 5.99. The lowest BCUT2D eigenvalue weighted by atomic mass is 10.0. The fraction of sp³-hybridized carbons (Fsp3) is 0.394. The van der Waals surface area contributed by atoms with Gasteiger partial charge in [0, 0.05) is 37.0 Å². The molecule has 3 aromatic rings. The van der Waals surface area contributed by atoms with Gasteiger partial charge >= 0.3 is 0 Å². The normalized spacial score (nSPS) is 12.8. The molecule has 0 saturated carbocycles. The molecule has 0 aliphatic rings. The molecular formula is C33H42ClN3O4S. The highest BCUT2D eigenvalue weighted by Crippen LogP contribution is 2.25. The summed E-state index contributed by atoms with van der Waals surface area (Å²) >= 11 is 6.50. The molecule has 7 nitrogen and oxygen atoms in total. The van der Waals surface area contributed by atoms with Gasteiger partial charge in [0.2, 0.25) is 21.8 Å². The Morgan fingerprint density at radius 2 is 1.64 bits per heavy atom. The first kappa shape index (κ1) is 33.1. The van der Waals surface area contributed by atoms with E-state index in [9.17, 15) is 18.0 Å². The van der Waals surface area contributed by atoms with E-state index in [1.54, 1.807) is 11.0 Å². The number of nitrogens with one attached hydrogen (secondary N) is 1. The molecule has 2 unspecified atom stereocenters. The van der Waals surface area contributed by atoms with Crippen LogP contribution in [0, 0.1) is 13.8 Å². The van der Waals surface area contributed by atoms with Crippen molar-refractivity contribution in [2.45, 2.75) is 72.0 Å². The van der Waals surface area contributed by atoms with Crippen molar-refractivity contribution in [1.82, 2.24) is 10.2 Å². The molecule has 2 amide bonds. The van der Waals surface area contributed by atoms with E-state index in [4.69, 9.17) is 11.6 Å². The van der Waals surface area contributed by atoms with Gasteiger partial charge in [0.05, 0.1) is 11.9 Å². The van der Waals surface area contributed by atoms with Crippen LogP contribution in [0.5, 0.6) is 0 Å². The summed E-state index contributed by atoms with van der Waals surface area (Å²) in [6, 6.07) is 21.7. The Hall–Kier alpha value is -3.36. The molecule has 0 radical (unpaired) electrons. The number of carbonyl (C=O) groups excluding carboxylic acids is 2. The van der Waals surface area contributed by atoms with Crippen molar-refractivity contribution >= 4 is 39.1 Å². The van der Waals surface area contributed by atoms with Gasteiger partial charge in [-0.15, -0.1) is 0 Å². The highest BCUT2D eigenvalue weighted by Gasteiger charge is 2.31. The predicted molar refractivity (Wildman–Crippen MR) is 171 cm³/mol. The number of benzene rings is 3. The summed E-state index contributed by atoms with van der Waals surface area (Å²) in [6.45, 7) is 8.00. The number of sulfonamides is 1. The Balaban J connectivity index is 1.92. The van der Waals surface area contributed by atoms with Gasteiger partial charge in [0.1, 0.15) is 6.04 Å². The summed E-state index contributed by atoms with van der Waals surface area (Å²) in [7, 11) is -3.59.